The van der Waals surface area contributed by atoms with Crippen LogP contribution in [0.3, 0.4) is 0 Å². The zero-order chi connectivity index (χ0) is 15.3. The van der Waals surface area contributed by atoms with Crippen molar-refractivity contribution in [1.82, 2.24) is 5.32 Å². The van der Waals surface area contributed by atoms with Crippen molar-refractivity contribution in [2.75, 3.05) is 0 Å². The third-order valence-electron chi connectivity index (χ3n) is 3.83. The second-order valence-corrected chi connectivity index (χ2v) is 5.50. The van der Waals surface area contributed by atoms with Crippen molar-refractivity contribution >= 4 is 11.9 Å². The van der Waals surface area contributed by atoms with Gasteiger partial charge in [-0.3, -0.25) is 9.59 Å². The molecule has 2 N–H and O–H groups in total. The number of nitrogens with zero attached hydrogens (tertiary/aromatic N) is 2. The normalized spacial score (nSPS) is 25.1. The molecule has 6 nitrogen and oxygen atoms in total. The Labute approximate surface area is 123 Å². The summed E-state index contributed by atoms with van der Waals surface area (Å²) >= 11 is 0. The first-order chi connectivity index (χ1) is 10.0. The molecule has 0 bridgehead atoms. The van der Waals surface area contributed by atoms with Gasteiger partial charge in [0, 0.05) is 31.7 Å². The minimum Gasteiger partial charge on any atom is -0.481 e. The molecule has 0 aromatic rings. The first-order valence-electron chi connectivity index (χ1n) is 7.11. The molecule has 0 spiro atoms. The van der Waals surface area contributed by atoms with Crippen LogP contribution >= 0.6 is 0 Å². The van der Waals surface area contributed by atoms with E-state index in [1.165, 1.54) is 0 Å². The number of carboxylic acid groups (broad SMARTS) is 1. The van der Waals surface area contributed by atoms with Gasteiger partial charge in [-0.15, -0.1) is 12.3 Å². The number of nitrogens with one attached hydrogen (secondary N) is 1. The maximum absolute atomic E-state index is 11.9. The van der Waals surface area contributed by atoms with Crippen molar-refractivity contribution in [1.29, 1.82) is 0 Å². The summed E-state index contributed by atoms with van der Waals surface area (Å²) in [6, 6.07) is -0.206. The first-order valence-corrected chi connectivity index (χ1v) is 7.11. The van der Waals surface area contributed by atoms with E-state index in [1.54, 1.807) is 0 Å². The fourth-order valence-electron chi connectivity index (χ4n) is 2.46. The van der Waals surface area contributed by atoms with E-state index in [0.29, 0.717) is 38.5 Å². The predicted molar refractivity (Wildman–Crippen MR) is 76.3 cm³/mol. The molecule has 2 atom stereocenters. The van der Waals surface area contributed by atoms with Crippen molar-refractivity contribution < 1.29 is 14.7 Å². The van der Waals surface area contributed by atoms with Crippen LogP contribution in [0.4, 0.5) is 0 Å². The molecule has 112 valence electrons. The van der Waals surface area contributed by atoms with E-state index in [4.69, 9.17) is 11.5 Å². The monoisotopic (exact) mass is 289 g/mol. The second kappa shape index (κ2) is 6.53. The lowest BCUT2D eigenvalue weighted by molar-refractivity contribution is -0.142. The molecule has 0 unspecified atom stereocenters. The molecule has 2 rings (SSSR count). The van der Waals surface area contributed by atoms with Gasteiger partial charge in [-0.25, -0.2) is 0 Å². The Bertz CT molecular complexity index is 513. The number of carbonyl (C=O) groups is 2. The summed E-state index contributed by atoms with van der Waals surface area (Å²) < 4.78 is 0. The summed E-state index contributed by atoms with van der Waals surface area (Å²) in [6.45, 7) is 0. The standard InChI is InChI=1S/C15H19N3O3/c1-2-3-8-15(17-18-15)9-7-13(19)16-12-6-4-5-11(10-12)14(20)21/h1,4,6,11-12H,3,5,7-10H2,(H,16,19)(H,20,21)/t11-,12-/m1/s1. The van der Waals surface area contributed by atoms with E-state index in [9.17, 15) is 9.59 Å². The Morgan fingerprint density at radius 3 is 2.81 bits per heavy atom. The highest BCUT2D eigenvalue weighted by Crippen LogP contribution is 2.37. The minimum absolute atomic E-state index is 0.104. The van der Waals surface area contributed by atoms with Crippen LogP contribution in [0.2, 0.25) is 0 Å². The van der Waals surface area contributed by atoms with Crippen molar-refractivity contribution in [3.8, 4) is 12.3 Å². The highest BCUT2D eigenvalue weighted by atomic mass is 16.4. The average Bonchev–Trinajstić information content (AvgIpc) is 3.24. The lowest BCUT2D eigenvalue weighted by atomic mass is 9.91. The van der Waals surface area contributed by atoms with Crippen LogP contribution in [0.25, 0.3) is 0 Å². The number of carbonyl (C=O) groups excluding carboxylic acids is 1. The molecule has 1 aliphatic carbocycles. The topological polar surface area (TPSA) is 91.1 Å². The van der Waals surface area contributed by atoms with Gasteiger partial charge >= 0.3 is 5.97 Å². The molecule has 21 heavy (non-hydrogen) atoms. The van der Waals surface area contributed by atoms with Crippen LogP contribution in [0.5, 0.6) is 0 Å². The third kappa shape index (κ3) is 4.42. The number of carboxylic acids is 1. The van der Waals surface area contributed by atoms with Gasteiger partial charge in [-0.05, 0) is 12.8 Å². The molecular formula is C15H19N3O3. The van der Waals surface area contributed by atoms with Crippen LogP contribution < -0.4 is 5.32 Å². The number of terminal acetylenes is 1. The van der Waals surface area contributed by atoms with E-state index in [1.807, 2.05) is 12.2 Å². The molecule has 1 amide bonds. The van der Waals surface area contributed by atoms with Crippen LogP contribution in [0.15, 0.2) is 22.4 Å². The highest BCUT2D eigenvalue weighted by molar-refractivity contribution is 5.77. The molecule has 0 fully saturated rings. The van der Waals surface area contributed by atoms with Crippen molar-refractivity contribution in [2.45, 2.75) is 50.2 Å². The number of amides is 1. The summed E-state index contributed by atoms with van der Waals surface area (Å²) in [5, 5.41) is 19.8. The number of hydrogen-bond acceptors (Lipinski definition) is 4. The van der Waals surface area contributed by atoms with E-state index in [-0.39, 0.29) is 11.9 Å². The fourth-order valence-corrected chi connectivity index (χ4v) is 2.46. The molecular weight excluding hydrogens is 270 g/mol. The van der Waals surface area contributed by atoms with Gasteiger partial charge in [0.1, 0.15) is 0 Å². The van der Waals surface area contributed by atoms with Crippen molar-refractivity contribution in [2.24, 2.45) is 16.1 Å². The van der Waals surface area contributed by atoms with Gasteiger partial charge in [0.2, 0.25) is 5.91 Å². The first kappa shape index (κ1) is 15.2. The quantitative estimate of drug-likeness (QED) is 0.553. The lowest BCUT2D eigenvalue weighted by Gasteiger charge is -2.23. The molecule has 0 saturated carbocycles. The zero-order valence-electron chi connectivity index (χ0n) is 11.8. The predicted octanol–water partition coefficient (Wildman–Crippen LogP) is 1.88. The Kier molecular flexibility index (Phi) is 4.73. The SMILES string of the molecule is C#CCCC1(CCC(=O)N[C@@H]2C=CC[C@@H](C(=O)O)C2)N=N1. The Morgan fingerprint density at radius 1 is 1.43 bits per heavy atom. The Morgan fingerprint density at radius 2 is 2.19 bits per heavy atom. The van der Waals surface area contributed by atoms with Crippen molar-refractivity contribution in [3.63, 3.8) is 0 Å². The van der Waals surface area contributed by atoms with Gasteiger partial charge in [-0.2, -0.15) is 10.2 Å². The summed E-state index contributed by atoms with van der Waals surface area (Å²) in [7, 11) is 0. The van der Waals surface area contributed by atoms with Gasteiger partial charge in [-0.1, -0.05) is 12.2 Å². The number of allylic oxidation sites excluding steroid dienone is 1. The Balaban J connectivity index is 1.73. The van der Waals surface area contributed by atoms with Gasteiger partial charge < -0.3 is 10.4 Å². The number of rotatable bonds is 7. The second-order valence-electron chi connectivity index (χ2n) is 5.50. The molecule has 6 heteroatoms. The third-order valence-corrected chi connectivity index (χ3v) is 3.83. The molecule has 0 radical (unpaired) electrons. The molecule has 2 aliphatic rings. The van der Waals surface area contributed by atoms with E-state index in [0.717, 1.165) is 0 Å². The summed E-state index contributed by atoms with van der Waals surface area (Å²) in [5.41, 5.74) is -0.449. The van der Waals surface area contributed by atoms with Gasteiger partial charge in [0.05, 0.1) is 5.92 Å². The zero-order valence-corrected chi connectivity index (χ0v) is 11.8. The van der Waals surface area contributed by atoms with Crippen LogP contribution in [0.1, 0.15) is 38.5 Å². The summed E-state index contributed by atoms with van der Waals surface area (Å²) in [6.07, 6.45) is 12.0. The smallest absolute Gasteiger partial charge is 0.306 e. The van der Waals surface area contributed by atoms with Crippen LogP contribution in [-0.4, -0.2) is 28.7 Å². The fraction of sp³-hybridized carbons (Fsp3) is 0.600. The number of aliphatic carboxylic acids is 1. The maximum Gasteiger partial charge on any atom is 0.306 e. The van der Waals surface area contributed by atoms with Crippen molar-refractivity contribution in [3.05, 3.63) is 12.2 Å². The molecule has 1 heterocycles. The Hall–Kier alpha value is -2.16. The molecule has 0 aromatic heterocycles. The molecule has 1 aliphatic heterocycles. The van der Waals surface area contributed by atoms with Gasteiger partial charge in [0.25, 0.3) is 0 Å². The maximum atomic E-state index is 11.9. The van der Waals surface area contributed by atoms with E-state index < -0.39 is 17.6 Å². The highest BCUT2D eigenvalue weighted by Gasteiger charge is 2.39. The van der Waals surface area contributed by atoms with Crippen LogP contribution in [0, 0.1) is 18.3 Å². The van der Waals surface area contributed by atoms with E-state index >= 15 is 0 Å². The molecule has 0 aromatic carbocycles. The largest absolute Gasteiger partial charge is 0.481 e. The summed E-state index contributed by atoms with van der Waals surface area (Å²) in [4.78, 5) is 22.9. The van der Waals surface area contributed by atoms with E-state index in [2.05, 4.69) is 21.5 Å². The summed E-state index contributed by atoms with van der Waals surface area (Å²) in [5.74, 6) is 1.21. The molecule has 0 saturated heterocycles. The van der Waals surface area contributed by atoms with Gasteiger partial charge in [0.15, 0.2) is 5.66 Å². The van der Waals surface area contributed by atoms with Crippen LogP contribution in [-0.2, 0) is 9.59 Å². The lowest BCUT2D eigenvalue weighted by Crippen LogP contribution is -2.38. The minimum atomic E-state index is -0.817. The number of hydrogen-bond donors (Lipinski definition) is 2. The average molecular weight is 289 g/mol.